The summed E-state index contributed by atoms with van der Waals surface area (Å²) in [7, 11) is 0. The van der Waals surface area contributed by atoms with Gasteiger partial charge in [0.2, 0.25) is 0 Å². The summed E-state index contributed by atoms with van der Waals surface area (Å²) in [5.74, 6) is 0. The number of pyridine rings is 2. The molecule has 0 amide bonds. The van der Waals surface area contributed by atoms with Gasteiger partial charge in [0, 0.05) is 29.1 Å². The first kappa shape index (κ1) is 53.0. The Hall–Kier alpha value is -12.1. The van der Waals surface area contributed by atoms with E-state index in [1.165, 1.54) is 131 Å². The summed E-state index contributed by atoms with van der Waals surface area (Å²) in [5.41, 5.74) is 20.4. The highest BCUT2D eigenvalue weighted by atomic mass is 14.7. The molecule has 0 radical (unpaired) electrons. The van der Waals surface area contributed by atoms with Crippen molar-refractivity contribution in [3.05, 3.63) is 340 Å². The molecular formula is C90H56N2. The van der Waals surface area contributed by atoms with Crippen molar-refractivity contribution in [3.8, 4) is 100 Å². The van der Waals surface area contributed by atoms with Gasteiger partial charge in [0.05, 0.1) is 11.4 Å². The van der Waals surface area contributed by atoms with Crippen molar-refractivity contribution in [1.82, 2.24) is 9.97 Å². The van der Waals surface area contributed by atoms with E-state index >= 15 is 0 Å². The van der Waals surface area contributed by atoms with Crippen LogP contribution in [0.25, 0.3) is 187 Å². The molecular weight excluding hydrogens is 1110 g/mol. The monoisotopic (exact) mass is 1160 g/mol. The molecule has 2 heterocycles. The summed E-state index contributed by atoms with van der Waals surface area (Å²) in [6.07, 6.45) is 3.96. The van der Waals surface area contributed by atoms with Crippen molar-refractivity contribution in [2.45, 2.75) is 0 Å². The number of fused-ring (bicyclic) bond motifs is 8. The second-order valence-corrected chi connectivity index (χ2v) is 24.4. The second kappa shape index (κ2) is 21.9. The van der Waals surface area contributed by atoms with Crippen molar-refractivity contribution in [2.24, 2.45) is 0 Å². The lowest BCUT2D eigenvalue weighted by Crippen LogP contribution is -1.94. The lowest BCUT2D eigenvalue weighted by molar-refractivity contribution is 1.33. The number of hydrogen-bond acceptors (Lipinski definition) is 2. The van der Waals surface area contributed by atoms with Crippen LogP contribution in [0.2, 0.25) is 0 Å². The molecule has 0 N–H and O–H groups in total. The quantitative estimate of drug-likeness (QED) is 0.135. The molecule has 0 fully saturated rings. The number of benzene rings is 16. The molecule has 426 valence electrons. The van der Waals surface area contributed by atoms with Gasteiger partial charge in [-0.1, -0.05) is 267 Å². The molecule has 0 aliphatic rings. The minimum absolute atomic E-state index is 0.924. The second-order valence-electron chi connectivity index (χ2n) is 24.4. The summed E-state index contributed by atoms with van der Waals surface area (Å²) in [4.78, 5) is 10.2. The van der Waals surface area contributed by atoms with Crippen LogP contribution in [0.4, 0.5) is 0 Å². The Morgan fingerprint density at radius 2 is 0.467 bits per heavy atom. The normalized spacial score (nSPS) is 11.7. The summed E-state index contributed by atoms with van der Waals surface area (Å²) < 4.78 is 0. The zero-order valence-electron chi connectivity index (χ0n) is 50.2. The minimum Gasteiger partial charge on any atom is -0.256 e. The Kier molecular flexibility index (Phi) is 12.6. The third-order valence-electron chi connectivity index (χ3n) is 19.1. The summed E-state index contributed by atoms with van der Waals surface area (Å²) >= 11 is 0. The zero-order chi connectivity index (χ0) is 60.6. The van der Waals surface area contributed by atoms with Gasteiger partial charge in [-0.3, -0.25) is 9.97 Å². The van der Waals surface area contributed by atoms with E-state index in [9.17, 15) is 0 Å². The van der Waals surface area contributed by atoms with E-state index in [0.717, 1.165) is 55.9 Å². The van der Waals surface area contributed by atoms with Crippen molar-refractivity contribution >= 4 is 86.2 Å². The molecule has 2 aromatic heterocycles. The highest BCUT2D eigenvalue weighted by molar-refractivity contribution is 6.25. The molecule has 18 aromatic rings. The fraction of sp³-hybridized carbons (Fsp3) is 0. The Morgan fingerprint density at radius 3 is 0.902 bits per heavy atom. The van der Waals surface area contributed by atoms with Gasteiger partial charge in [0.1, 0.15) is 0 Å². The van der Waals surface area contributed by atoms with E-state index in [4.69, 9.17) is 9.97 Å². The molecule has 0 unspecified atom stereocenters. The lowest BCUT2D eigenvalue weighted by Gasteiger charge is -2.20. The van der Waals surface area contributed by atoms with Crippen LogP contribution in [0.15, 0.2) is 340 Å². The van der Waals surface area contributed by atoms with Crippen LogP contribution in [0.3, 0.4) is 0 Å². The molecule has 16 aromatic carbocycles. The average molecular weight is 1170 g/mol. The highest BCUT2D eigenvalue weighted by Crippen LogP contribution is 2.49. The van der Waals surface area contributed by atoms with Crippen molar-refractivity contribution in [3.63, 3.8) is 0 Å². The van der Waals surface area contributed by atoms with Gasteiger partial charge in [0.15, 0.2) is 0 Å². The van der Waals surface area contributed by atoms with Gasteiger partial charge in [0.25, 0.3) is 0 Å². The third kappa shape index (κ3) is 9.19. The van der Waals surface area contributed by atoms with Crippen molar-refractivity contribution < 1.29 is 0 Å². The zero-order valence-corrected chi connectivity index (χ0v) is 50.2. The van der Waals surface area contributed by atoms with Crippen LogP contribution in [0, 0.1) is 0 Å². The van der Waals surface area contributed by atoms with Gasteiger partial charge in [-0.05, 0) is 219 Å². The number of aromatic nitrogens is 2. The molecule has 0 aliphatic heterocycles. The van der Waals surface area contributed by atoms with Crippen LogP contribution in [0.1, 0.15) is 0 Å². The van der Waals surface area contributed by atoms with Crippen molar-refractivity contribution in [1.29, 1.82) is 0 Å². The predicted octanol–water partition coefficient (Wildman–Crippen LogP) is 24.7. The maximum atomic E-state index is 5.10. The molecule has 0 atom stereocenters. The third-order valence-corrected chi connectivity index (χ3v) is 19.1. The molecule has 0 bridgehead atoms. The van der Waals surface area contributed by atoms with E-state index in [-0.39, 0.29) is 0 Å². The van der Waals surface area contributed by atoms with Gasteiger partial charge in [-0.25, -0.2) is 0 Å². The maximum absolute atomic E-state index is 5.10. The molecule has 92 heavy (non-hydrogen) atoms. The first-order valence-electron chi connectivity index (χ1n) is 31.6. The SMILES string of the molecule is c1ccc(-c2ccc(-c3ccc4c(-c5ccc6ccccc6c5)c5cc(-c6ccc(-c7ccnc(-c8ccc9c(-c%10ccc%11ccccc%11c%10)c%10ccccc%10c(-c%10ccc%11ccccc%11c%10)c9c8)c7)cc6)ccc5c(-c5ccc6ccccc6c5)c4c3)nc2)cc1. The fourth-order valence-corrected chi connectivity index (χ4v) is 14.5. The fourth-order valence-electron chi connectivity index (χ4n) is 14.5. The Labute approximate surface area is 533 Å². The van der Waals surface area contributed by atoms with E-state index < -0.39 is 0 Å². The van der Waals surface area contributed by atoms with Gasteiger partial charge >= 0.3 is 0 Å². The molecule has 0 saturated heterocycles. The number of hydrogen-bond donors (Lipinski definition) is 0. The first-order valence-corrected chi connectivity index (χ1v) is 31.6. The summed E-state index contributed by atoms with van der Waals surface area (Å²) in [6.45, 7) is 0. The predicted molar refractivity (Wildman–Crippen MR) is 391 cm³/mol. The standard InChI is InChI=1S/C90H56N2/c1-2-14-57(15-3-1)76-41-45-85(92-56-76)70-39-43-81-83(53-70)90(75-37-33-61-19-7-11-23-67(61)51-75)80-42-38-68(52-82(80)89(81)74-36-32-60-18-6-10-22-66(60)50-74)62-26-28-63(29-27-62)69-46-47-91-86(55-69)71-40-44-79-84(54-71)88(73-35-31-59-17-5-9-21-65(59)49-73)78-25-13-12-24-77(78)87(79)72-34-30-58-16-4-8-20-64(58)48-72/h1-56H. The average Bonchev–Trinajstić information content (AvgIpc) is 0.739. The summed E-state index contributed by atoms with van der Waals surface area (Å²) in [5, 5.41) is 19.4. The molecule has 0 saturated carbocycles. The maximum Gasteiger partial charge on any atom is 0.0708 e. The van der Waals surface area contributed by atoms with Gasteiger partial charge < -0.3 is 0 Å². The molecule has 2 nitrogen and oxygen atoms in total. The number of rotatable bonds is 9. The van der Waals surface area contributed by atoms with Crippen LogP contribution in [-0.4, -0.2) is 9.97 Å². The van der Waals surface area contributed by atoms with Crippen molar-refractivity contribution in [2.75, 3.05) is 0 Å². The van der Waals surface area contributed by atoms with Crippen LogP contribution >= 0.6 is 0 Å². The largest absolute Gasteiger partial charge is 0.256 e. The van der Waals surface area contributed by atoms with Crippen LogP contribution in [-0.2, 0) is 0 Å². The van der Waals surface area contributed by atoms with E-state index in [0.29, 0.717) is 0 Å². The van der Waals surface area contributed by atoms with Crippen LogP contribution in [0.5, 0.6) is 0 Å². The molecule has 0 aliphatic carbocycles. The molecule has 0 spiro atoms. The smallest absolute Gasteiger partial charge is 0.0708 e. The topological polar surface area (TPSA) is 25.8 Å². The van der Waals surface area contributed by atoms with Gasteiger partial charge in [-0.2, -0.15) is 0 Å². The Balaban J connectivity index is 0.767. The van der Waals surface area contributed by atoms with E-state index in [1.54, 1.807) is 0 Å². The molecule has 18 rings (SSSR count). The minimum atomic E-state index is 0.924. The van der Waals surface area contributed by atoms with E-state index in [1.807, 2.05) is 12.4 Å². The lowest BCUT2D eigenvalue weighted by atomic mass is 9.83. The summed E-state index contributed by atoms with van der Waals surface area (Å²) in [6, 6.07) is 121. The number of nitrogens with zero attached hydrogens (tertiary/aromatic N) is 2. The Bertz CT molecular complexity index is 5980. The van der Waals surface area contributed by atoms with E-state index in [2.05, 4.69) is 328 Å². The Morgan fingerprint density at radius 1 is 0.152 bits per heavy atom. The van der Waals surface area contributed by atoms with Gasteiger partial charge in [-0.15, -0.1) is 0 Å². The highest BCUT2D eigenvalue weighted by Gasteiger charge is 2.22. The first-order chi connectivity index (χ1) is 45.6. The van der Waals surface area contributed by atoms with Crippen LogP contribution < -0.4 is 0 Å². The molecule has 2 heteroatoms.